The predicted octanol–water partition coefficient (Wildman–Crippen LogP) is 0.851. The average molecular weight is 223 g/mol. The van der Waals surface area contributed by atoms with Gasteiger partial charge in [-0.1, -0.05) is 27.7 Å². The number of sulfonamides is 1. The van der Waals surface area contributed by atoms with E-state index in [0.717, 1.165) is 0 Å². The summed E-state index contributed by atoms with van der Waals surface area (Å²) in [5, 5.41) is 13.9. The van der Waals surface area contributed by atoms with Gasteiger partial charge in [-0.2, -0.15) is 0 Å². The molecule has 0 bridgehead atoms. The van der Waals surface area contributed by atoms with Crippen LogP contribution in [0.5, 0.6) is 0 Å². The summed E-state index contributed by atoms with van der Waals surface area (Å²) >= 11 is 0. The molecular formula is C9H21NO3S. The first-order chi connectivity index (χ1) is 6.09. The van der Waals surface area contributed by atoms with E-state index in [4.69, 9.17) is 5.14 Å². The number of hydrogen-bond acceptors (Lipinski definition) is 3. The van der Waals surface area contributed by atoms with Crippen LogP contribution in [0.3, 0.4) is 0 Å². The van der Waals surface area contributed by atoms with Crippen molar-refractivity contribution in [2.45, 2.75) is 51.9 Å². The van der Waals surface area contributed by atoms with Crippen LogP contribution >= 0.6 is 0 Å². The molecule has 0 saturated carbocycles. The molecule has 0 aliphatic carbocycles. The highest BCUT2D eigenvalue weighted by molar-refractivity contribution is 7.89. The van der Waals surface area contributed by atoms with Crippen molar-refractivity contribution in [2.24, 2.45) is 10.6 Å². The van der Waals surface area contributed by atoms with E-state index in [2.05, 4.69) is 0 Å². The summed E-state index contributed by atoms with van der Waals surface area (Å²) in [7, 11) is -3.59. The fourth-order valence-electron chi connectivity index (χ4n) is 1.39. The van der Waals surface area contributed by atoms with Gasteiger partial charge in [0.1, 0.15) is 0 Å². The Kier molecular flexibility index (Phi) is 4.55. The topological polar surface area (TPSA) is 80.4 Å². The number of aliphatic hydroxyl groups excluding tert-OH is 1. The van der Waals surface area contributed by atoms with E-state index >= 15 is 0 Å². The first-order valence-corrected chi connectivity index (χ1v) is 6.39. The summed E-state index contributed by atoms with van der Waals surface area (Å²) in [5.41, 5.74) is -0.441. The van der Waals surface area contributed by atoms with Crippen LogP contribution in [0.15, 0.2) is 0 Å². The van der Waals surface area contributed by atoms with Gasteiger partial charge in [-0.3, -0.25) is 0 Å². The number of aliphatic hydroxyl groups is 1. The van der Waals surface area contributed by atoms with E-state index in [9.17, 15) is 13.5 Å². The molecule has 0 aliphatic heterocycles. The molecule has 0 spiro atoms. The van der Waals surface area contributed by atoms with Crippen molar-refractivity contribution in [3.63, 3.8) is 0 Å². The van der Waals surface area contributed by atoms with E-state index in [1.807, 2.05) is 27.7 Å². The van der Waals surface area contributed by atoms with Gasteiger partial charge in [-0.25, -0.2) is 13.6 Å². The summed E-state index contributed by atoms with van der Waals surface area (Å²) in [4.78, 5) is 0. The maximum absolute atomic E-state index is 11.3. The predicted molar refractivity (Wildman–Crippen MR) is 57.3 cm³/mol. The fraction of sp³-hybridized carbons (Fsp3) is 1.00. The smallest absolute Gasteiger partial charge is 0.212 e. The van der Waals surface area contributed by atoms with Gasteiger partial charge in [0.25, 0.3) is 0 Å². The largest absolute Gasteiger partial charge is 0.393 e. The van der Waals surface area contributed by atoms with Crippen molar-refractivity contribution in [1.82, 2.24) is 0 Å². The maximum atomic E-state index is 11.3. The Morgan fingerprint density at radius 3 is 2.00 bits per heavy atom. The quantitative estimate of drug-likeness (QED) is 0.741. The lowest BCUT2D eigenvalue weighted by molar-refractivity contribution is 0.143. The Labute approximate surface area is 86.6 Å². The van der Waals surface area contributed by atoms with Gasteiger partial charge < -0.3 is 5.11 Å². The number of nitrogens with two attached hydrogens (primary N) is 1. The summed E-state index contributed by atoms with van der Waals surface area (Å²) in [6.07, 6.45) is 0.151. The van der Waals surface area contributed by atoms with E-state index in [-0.39, 0.29) is 6.42 Å². The van der Waals surface area contributed by atoms with Crippen molar-refractivity contribution in [3.05, 3.63) is 0 Å². The third-order valence-electron chi connectivity index (χ3n) is 2.32. The van der Waals surface area contributed by atoms with Crippen LogP contribution < -0.4 is 5.14 Å². The van der Waals surface area contributed by atoms with Gasteiger partial charge in [0.05, 0.1) is 11.4 Å². The highest BCUT2D eigenvalue weighted by Crippen LogP contribution is 2.28. The molecule has 0 saturated heterocycles. The molecule has 4 nitrogen and oxygen atoms in total. The van der Waals surface area contributed by atoms with Crippen molar-refractivity contribution < 1.29 is 13.5 Å². The molecule has 0 aliphatic rings. The molecule has 86 valence electrons. The fourth-order valence-corrected chi connectivity index (χ4v) is 2.87. The lowest BCUT2D eigenvalue weighted by Gasteiger charge is -2.30. The Balaban J connectivity index is 4.78. The zero-order chi connectivity index (χ0) is 11.6. The molecule has 0 fully saturated rings. The van der Waals surface area contributed by atoms with E-state index < -0.39 is 26.8 Å². The molecule has 0 aromatic carbocycles. The maximum Gasteiger partial charge on any atom is 0.212 e. The van der Waals surface area contributed by atoms with E-state index in [1.54, 1.807) is 0 Å². The van der Waals surface area contributed by atoms with Gasteiger partial charge >= 0.3 is 0 Å². The standard InChI is InChI=1S/C9H21NO3S/c1-5-7(11)6-8(9(2,3)4)14(10,12)13/h7-8,11H,5-6H2,1-4H3,(H2,10,12,13). The van der Waals surface area contributed by atoms with E-state index in [1.165, 1.54) is 0 Å². The third-order valence-corrected chi connectivity index (χ3v) is 4.01. The highest BCUT2D eigenvalue weighted by atomic mass is 32.2. The van der Waals surface area contributed by atoms with E-state index in [0.29, 0.717) is 6.42 Å². The molecular weight excluding hydrogens is 202 g/mol. The minimum absolute atomic E-state index is 0.207. The van der Waals surface area contributed by atoms with Crippen LogP contribution in [0, 0.1) is 5.41 Å². The van der Waals surface area contributed by atoms with Crippen LogP contribution in [0.25, 0.3) is 0 Å². The second-order valence-electron chi connectivity index (χ2n) is 4.74. The van der Waals surface area contributed by atoms with Crippen molar-refractivity contribution in [1.29, 1.82) is 0 Å². The summed E-state index contributed by atoms with van der Waals surface area (Å²) in [6, 6.07) is 0. The summed E-state index contributed by atoms with van der Waals surface area (Å²) < 4.78 is 22.6. The Hall–Kier alpha value is -0.130. The van der Waals surface area contributed by atoms with Gasteiger partial charge in [0, 0.05) is 0 Å². The second kappa shape index (κ2) is 4.59. The van der Waals surface area contributed by atoms with Crippen molar-refractivity contribution >= 4 is 10.0 Å². The SMILES string of the molecule is CCC(O)CC(C(C)(C)C)S(N)(=O)=O. The first kappa shape index (κ1) is 13.9. The normalized spacial score (nSPS) is 17.9. The van der Waals surface area contributed by atoms with Gasteiger partial charge in [0.2, 0.25) is 10.0 Å². The lowest BCUT2D eigenvalue weighted by atomic mass is 9.88. The van der Waals surface area contributed by atoms with Gasteiger partial charge in [-0.05, 0) is 18.3 Å². The lowest BCUT2D eigenvalue weighted by Crippen LogP contribution is -2.41. The Morgan fingerprint density at radius 2 is 1.79 bits per heavy atom. The van der Waals surface area contributed by atoms with Gasteiger partial charge in [0.15, 0.2) is 0 Å². The molecule has 2 unspecified atom stereocenters. The average Bonchev–Trinajstić information content (AvgIpc) is 1.95. The minimum Gasteiger partial charge on any atom is -0.393 e. The van der Waals surface area contributed by atoms with Crippen LogP contribution in [0.4, 0.5) is 0 Å². The van der Waals surface area contributed by atoms with Crippen LogP contribution in [0.2, 0.25) is 0 Å². The molecule has 0 radical (unpaired) electrons. The van der Waals surface area contributed by atoms with Crippen LogP contribution in [-0.4, -0.2) is 24.9 Å². The van der Waals surface area contributed by atoms with Crippen LogP contribution in [-0.2, 0) is 10.0 Å². The Morgan fingerprint density at radius 1 is 1.36 bits per heavy atom. The molecule has 0 amide bonds. The summed E-state index contributed by atoms with van der Waals surface area (Å²) in [6.45, 7) is 7.24. The monoisotopic (exact) mass is 223 g/mol. The van der Waals surface area contributed by atoms with Gasteiger partial charge in [-0.15, -0.1) is 0 Å². The molecule has 0 rings (SSSR count). The molecule has 0 aromatic rings. The minimum atomic E-state index is -3.59. The molecule has 2 atom stereocenters. The Bertz CT molecular complexity index is 266. The van der Waals surface area contributed by atoms with Crippen LogP contribution in [0.1, 0.15) is 40.5 Å². The first-order valence-electron chi connectivity index (χ1n) is 4.78. The van der Waals surface area contributed by atoms with Crippen molar-refractivity contribution in [2.75, 3.05) is 0 Å². The second-order valence-corrected chi connectivity index (χ2v) is 6.49. The number of primary sulfonamides is 1. The molecule has 3 N–H and O–H groups in total. The zero-order valence-electron chi connectivity index (χ0n) is 9.32. The van der Waals surface area contributed by atoms with Crippen molar-refractivity contribution in [3.8, 4) is 0 Å². The molecule has 5 heteroatoms. The molecule has 0 heterocycles. The molecule has 0 aromatic heterocycles. The summed E-state index contributed by atoms with van der Waals surface area (Å²) in [5.74, 6) is 0. The molecule has 14 heavy (non-hydrogen) atoms. The number of rotatable bonds is 4. The highest BCUT2D eigenvalue weighted by Gasteiger charge is 2.35. The number of hydrogen-bond donors (Lipinski definition) is 2. The third kappa shape index (κ3) is 4.39. The zero-order valence-corrected chi connectivity index (χ0v) is 10.1.